The number of hydrogen-bond donors (Lipinski definition) is 0. The van der Waals surface area contributed by atoms with Crippen molar-refractivity contribution in [2.24, 2.45) is 0 Å². The maximum absolute atomic E-state index is 5.76. The highest BCUT2D eigenvalue weighted by atomic mass is 28.4. The van der Waals surface area contributed by atoms with Gasteiger partial charge in [-0.05, 0) is 34.1 Å². The van der Waals surface area contributed by atoms with E-state index in [1.807, 2.05) is 27.7 Å². The Labute approximate surface area is 139 Å². The molecule has 1 atom stereocenters. The summed E-state index contributed by atoms with van der Waals surface area (Å²) >= 11 is 0. The monoisotopic (exact) mass is 354 g/mol. The molecule has 1 aliphatic rings. The third kappa shape index (κ3) is 11.7. The van der Waals surface area contributed by atoms with Crippen LogP contribution in [0.15, 0.2) is 0 Å². The zero-order chi connectivity index (χ0) is 16.7. The van der Waals surface area contributed by atoms with E-state index in [1.165, 1.54) is 0 Å². The van der Waals surface area contributed by atoms with Crippen LogP contribution in [-0.4, -0.2) is 71.6 Å². The van der Waals surface area contributed by atoms with Crippen LogP contribution in [0, 0.1) is 0 Å². The molecule has 0 aromatic rings. The average Bonchev–Trinajstić information content (AvgIpc) is 3.32. The van der Waals surface area contributed by atoms with Crippen LogP contribution in [0.3, 0.4) is 0 Å². The van der Waals surface area contributed by atoms with E-state index in [2.05, 4.69) is 4.43 Å². The van der Waals surface area contributed by atoms with Gasteiger partial charge in [0.15, 0.2) is 0 Å². The molecule has 0 bridgehead atoms. The molecule has 0 spiro atoms. The highest BCUT2D eigenvalue weighted by Gasteiger charge is 2.39. The van der Waals surface area contributed by atoms with Gasteiger partial charge in [-0.25, -0.2) is 0 Å². The number of epoxide rings is 1. The van der Waals surface area contributed by atoms with E-state index in [-0.39, 0.29) is 0 Å². The maximum atomic E-state index is 5.76. The molecule has 6 nitrogen and oxygen atoms in total. The van der Waals surface area contributed by atoms with Crippen molar-refractivity contribution in [2.45, 2.75) is 46.3 Å². The molecular formula is C14H34O6Si2. The van der Waals surface area contributed by atoms with Crippen molar-refractivity contribution < 1.29 is 27.2 Å². The Morgan fingerprint density at radius 3 is 1.86 bits per heavy atom. The predicted molar refractivity (Wildman–Crippen MR) is 92.2 cm³/mol. The number of hydrogen-bond acceptors (Lipinski definition) is 6. The van der Waals surface area contributed by atoms with E-state index in [4.69, 9.17) is 22.8 Å². The minimum Gasteiger partial charge on any atom is -0.428 e. The van der Waals surface area contributed by atoms with Crippen LogP contribution < -0.4 is 0 Å². The second kappa shape index (κ2) is 14.8. The fraction of sp³-hybridized carbons (Fsp3) is 1.00. The molecule has 1 heterocycles. The molecule has 0 radical (unpaired) electrons. The molecule has 22 heavy (non-hydrogen) atoms. The zero-order valence-corrected chi connectivity index (χ0v) is 17.9. The van der Waals surface area contributed by atoms with Crippen molar-refractivity contribution in [3.05, 3.63) is 0 Å². The molecule has 0 aromatic carbocycles. The second-order valence-corrected chi connectivity index (χ2v) is 8.00. The summed E-state index contributed by atoms with van der Waals surface area (Å²) in [5, 5.41) is 0. The first-order valence-electron chi connectivity index (χ1n) is 8.28. The number of ether oxygens (including phenoxy) is 2. The Bertz CT molecular complexity index is 222. The van der Waals surface area contributed by atoms with Crippen LogP contribution in [0.2, 0.25) is 6.04 Å². The van der Waals surface area contributed by atoms with E-state index in [0.717, 1.165) is 36.2 Å². The summed E-state index contributed by atoms with van der Waals surface area (Å²) in [6.07, 6.45) is 1.23. The van der Waals surface area contributed by atoms with Gasteiger partial charge >= 0.3 is 8.80 Å². The summed E-state index contributed by atoms with van der Waals surface area (Å²) < 4.78 is 32.6. The first-order chi connectivity index (χ1) is 10.7. The van der Waals surface area contributed by atoms with Crippen molar-refractivity contribution in [3.63, 3.8) is 0 Å². The van der Waals surface area contributed by atoms with Gasteiger partial charge in [0.1, 0.15) is 16.6 Å². The largest absolute Gasteiger partial charge is 0.501 e. The van der Waals surface area contributed by atoms with E-state index < -0.39 is 8.80 Å². The van der Waals surface area contributed by atoms with Crippen LogP contribution in [0.25, 0.3) is 0 Å². The van der Waals surface area contributed by atoms with Crippen LogP contribution >= 0.6 is 0 Å². The Kier molecular flexibility index (Phi) is 14.9. The first-order valence-corrected chi connectivity index (χ1v) is 11.0. The summed E-state index contributed by atoms with van der Waals surface area (Å²) in [6, 6.07) is 0.814. The molecule has 1 rings (SSSR count). The minimum absolute atomic E-state index is 0.331. The molecule has 0 saturated carbocycles. The SMILES string of the molecule is CCO[SiH3].CCO[Si](CCCOCC1CO1)(OCC)OCC. The van der Waals surface area contributed by atoms with Gasteiger partial charge in [-0.1, -0.05) is 0 Å². The van der Waals surface area contributed by atoms with E-state index in [9.17, 15) is 0 Å². The fourth-order valence-corrected chi connectivity index (χ4v) is 4.35. The zero-order valence-electron chi connectivity index (χ0n) is 14.9. The van der Waals surface area contributed by atoms with Crippen molar-refractivity contribution in [1.82, 2.24) is 0 Å². The van der Waals surface area contributed by atoms with Crippen molar-refractivity contribution in [2.75, 3.05) is 46.2 Å². The Morgan fingerprint density at radius 1 is 1.00 bits per heavy atom. The van der Waals surface area contributed by atoms with Gasteiger partial charge < -0.3 is 27.2 Å². The van der Waals surface area contributed by atoms with E-state index in [0.29, 0.717) is 39.1 Å². The summed E-state index contributed by atoms with van der Waals surface area (Å²) in [6.45, 7) is 12.9. The van der Waals surface area contributed by atoms with E-state index >= 15 is 0 Å². The van der Waals surface area contributed by atoms with Gasteiger partial charge in [-0.3, -0.25) is 0 Å². The normalized spacial score (nSPS) is 17.2. The van der Waals surface area contributed by atoms with Gasteiger partial charge in [0.2, 0.25) is 0 Å². The smallest absolute Gasteiger partial charge is 0.428 e. The lowest BCUT2D eigenvalue weighted by Gasteiger charge is -2.28. The van der Waals surface area contributed by atoms with Crippen LogP contribution in [0.5, 0.6) is 0 Å². The highest BCUT2D eigenvalue weighted by Crippen LogP contribution is 2.18. The van der Waals surface area contributed by atoms with Gasteiger partial charge in [-0.15, -0.1) is 0 Å². The molecule has 0 amide bonds. The first kappa shape index (κ1) is 22.2. The van der Waals surface area contributed by atoms with Gasteiger partial charge in [0.05, 0.1) is 13.2 Å². The van der Waals surface area contributed by atoms with Gasteiger partial charge in [-0.2, -0.15) is 0 Å². The minimum atomic E-state index is -2.47. The van der Waals surface area contributed by atoms with Crippen molar-refractivity contribution in [3.8, 4) is 0 Å². The quantitative estimate of drug-likeness (QED) is 0.281. The second-order valence-electron chi connectivity index (χ2n) is 4.69. The molecule has 0 aliphatic carbocycles. The summed E-state index contributed by atoms with van der Waals surface area (Å²) in [5.74, 6) is 0. The maximum Gasteiger partial charge on any atom is 0.501 e. The highest BCUT2D eigenvalue weighted by molar-refractivity contribution is 6.60. The van der Waals surface area contributed by atoms with Crippen LogP contribution in [0.1, 0.15) is 34.1 Å². The lowest BCUT2D eigenvalue weighted by molar-refractivity contribution is 0.0648. The molecule has 0 N–H and O–H groups in total. The van der Waals surface area contributed by atoms with Gasteiger partial charge in [0.25, 0.3) is 0 Å². The fourth-order valence-electron chi connectivity index (χ4n) is 1.77. The lowest BCUT2D eigenvalue weighted by Crippen LogP contribution is -2.46. The molecular weight excluding hydrogens is 320 g/mol. The van der Waals surface area contributed by atoms with E-state index in [1.54, 1.807) is 0 Å². The molecule has 1 unspecified atom stereocenters. The van der Waals surface area contributed by atoms with Gasteiger partial charge in [0, 0.05) is 39.1 Å². The Balaban J connectivity index is 0.000000980. The molecule has 8 heteroatoms. The lowest BCUT2D eigenvalue weighted by atomic mass is 10.5. The van der Waals surface area contributed by atoms with Crippen LogP contribution in [-0.2, 0) is 27.2 Å². The standard InChI is InChI=1S/C12H26O5Si.C2H8OSi/c1-4-15-18(16-5-2,17-6-3)9-7-8-13-10-12-11-14-12;1-2-3-4/h12H,4-11H2,1-3H3;2H2,1,4H3. The molecule has 1 aliphatic heterocycles. The summed E-state index contributed by atoms with van der Waals surface area (Å²) in [4.78, 5) is 0. The average molecular weight is 355 g/mol. The van der Waals surface area contributed by atoms with Crippen molar-refractivity contribution >= 4 is 19.3 Å². The third-order valence-corrected chi connectivity index (χ3v) is 6.59. The molecule has 1 saturated heterocycles. The Morgan fingerprint density at radius 2 is 1.50 bits per heavy atom. The third-order valence-electron chi connectivity index (χ3n) is 2.86. The Hall–Kier alpha value is 0.194. The topological polar surface area (TPSA) is 58.7 Å². The molecule has 0 aromatic heterocycles. The molecule has 1 fully saturated rings. The van der Waals surface area contributed by atoms with Crippen LogP contribution in [0.4, 0.5) is 0 Å². The number of rotatable bonds is 13. The van der Waals surface area contributed by atoms with Crippen molar-refractivity contribution in [1.29, 1.82) is 0 Å². The summed E-state index contributed by atoms with van der Waals surface area (Å²) in [7, 11) is -1.58. The summed E-state index contributed by atoms with van der Waals surface area (Å²) in [5.41, 5.74) is 0. The predicted octanol–water partition coefficient (Wildman–Crippen LogP) is 1.14. The molecule has 134 valence electrons.